The number of rotatable bonds is 2. The summed E-state index contributed by atoms with van der Waals surface area (Å²) in [6.45, 7) is 15.0. The lowest BCUT2D eigenvalue weighted by atomic mass is 9.67. The highest BCUT2D eigenvalue weighted by Gasteiger charge is 2.47. The van der Waals surface area contributed by atoms with Crippen LogP contribution in [0.3, 0.4) is 0 Å². The van der Waals surface area contributed by atoms with E-state index in [-0.39, 0.29) is 22.5 Å². The van der Waals surface area contributed by atoms with Crippen molar-refractivity contribution in [1.82, 2.24) is 0 Å². The van der Waals surface area contributed by atoms with E-state index in [0.29, 0.717) is 46.0 Å². The minimum absolute atomic E-state index is 0.190. The molecule has 0 unspecified atom stereocenters. The van der Waals surface area contributed by atoms with E-state index >= 15 is 0 Å². The molecule has 2 aliphatic heterocycles. The van der Waals surface area contributed by atoms with Gasteiger partial charge < -0.3 is 18.9 Å². The van der Waals surface area contributed by atoms with E-state index in [4.69, 9.17) is 32.1 Å². The van der Waals surface area contributed by atoms with E-state index in [2.05, 4.69) is 40.0 Å². The lowest BCUT2D eigenvalue weighted by Crippen LogP contribution is -2.28. The average molecular weight is 631 g/mol. The maximum atomic E-state index is 9.63. The van der Waals surface area contributed by atoms with Gasteiger partial charge in [0.1, 0.15) is 12.1 Å². The maximum Gasteiger partial charge on any atom is 0.198 e. The van der Waals surface area contributed by atoms with Crippen molar-refractivity contribution >= 4 is 11.4 Å². The fourth-order valence-electron chi connectivity index (χ4n) is 7.09. The van der Waals surface area contributed by atoms with Crippen LogP contribution in [-0.4, -0.2) is 0 Å². The molecule has 0 saturated carbocycles. The second kappa shape index (κ2) is 10.2. The quantitative estimate of drug-likeness (QED) is 0.176. The summed E-state index contributed by atoms with van der Waals surface area (Å²) in [6, 6.07) is 38.5. The van der Waals surface area contributed by atoms with Gasteiger partial charge >= 0.3 is 0 Å². The minimum atomic E-state index is -0.831. The molecule has 6 aromatic carbocycles. The molecule has 0 fully saturated rings. The van der Waals surface area contributed by atoms with Crippen molar-refractivity contribution in [3.63, 3.8) is 0 Å². The van der Waals surface area contributed by atoms with Gasteiger partial charge in [0, 0.05) is 12.1 Å². The van der Waals surface area contributed by atoms with Gasteiger partial charge in [-0.1, -0.05) is 60.7 Å². The topological polar surface area (TPSA) is 93.2 Å². The third-order valence-electron chi connectivity index (χ3n) is 9.19. The molecule has 0 radical (unpaired) electrons. The van der Waals surface area contributed by atoms with Crippen LogP contribution in [0.2, 0.25) is 0 Å². The SMILES string of the molecule is [C-]#[N+]c1cc2c(cc1[N+]#[C-])Oc1cc(C3(c4ccc5c(c4)Oc4cc(C#N)c(C#N)cc4O5)c4ccccc4-c4ccccc43)ccc1O2. The molecule has 0 N–H and O–H groups in total. The first-order valence-corrected chi connectivity index (χ1v) is 15.2. The fraction of sp³-hybridized carbons (Fsp3) is 0.0244. The molecule has 0 atom stereocenters. The summed E-state index contributed by atoms with van der Waals surface area (Å²) in [5, 5.41) is 19.2. The number of ether oxygens (including phenoxy) is 4. The van der Waals surface area contributed by atoms with Crippen LogP contribution in [-0.2, 0) is 5.41 Å². The molecule has 2 heterocycles. The highest BCUT2D eigenvalue weighted by atomic mass is 16.6. The summed E-state index contributed by atoms with van der Waals surface area (Å²) in [6.07, 6.45) is 0. The van der Waals surface area contributed by atoms with E-state index in [1.165, 1.54) is 24.3 Å². The second-order valence-electron chi connectivity index (χ2n) is 11.7. The first-order chi connectivity index (χ1) is 24.0. The van der Waals surface area contributed by atoms with Crippen molar-refractivity contribution in [3.8, 4) is 69.3 Å². The predicted molar refractivity (Wildman–Crippen MR) is 179 cm³/mol. The van der Waals surface area contributed by atoms with Crippen molar-refractivity contribution in [3.05, 3.63) is 165 Å². The highest BCUT2D eigenvalue weighted by Crippen LogP contribution is 2.59. The van der Waals surface area contributed by atoms with Crippen LogP contribution in [0.1, 0.15) is 33.4 Å². The number of hydrogen-bond acceptors (Lipinski definition) is 6. The summed E-state index contributed by atoms with van der Waals surface area (Å²) in [4.78, 5) is 6.97. The summed E-state index contributed by atoms with van der Waals surface area (Å²) in [5.41, 5.74) is 6.09. The Labute approximate surface area is 280 Å². The Balaban J connectivity index is 1.24. The van der Waals surface area contributed by atoms with E-state index in [1.54, 1.807) is 0 Å². The normalized spacial score (nSPS) is 13.2. The summed E-state index contributed by atoms with van der Waals surface area (Å²) >= 11 is 0. The zero-order chi connectivity index (χ0) is 33.3. The van der Waals surface area contributed by atoms with Crippen LogP contribution in [0, 0.1) is 35.8 Å². The Kier molecular flexibility index (Phi) is 5.80. The van der Waals surface area contributed by atoms with Gasteiger partial charge in [0.2, 0.25) is 0 Å². The van der Waals surface area contributed by atoms with Crippen LogP contribution < -0.4 is 18.9 Å². The molecule has 1 aliphatic carbocycles. The van der Waals surface area contributed by atoms with Crippen molar-refractivity contribution in [2.24, 2.45) is 0 Å². The summed E-state index contributed by atoms with van der Waals surface area (Å²) in [5.74, 6) is 3.35. The zero-order valence-electron chi connectivity index (χ0n) is 25.3. The monoisotopic (exact) mass is 630 g/mol. The summed E-state index contributed by atoms with van der Waals surface area (Å²) in [7, 11) is 0. The Morgan fingerprint density at radius 3 is 1.29 bits per heavy atom. The predicted octanol–water partition coefficient (Wildman–Crippen LogP) is 10.7. The summed E-state index contributed by atoms with van der Waals surface area (Å²) < 4.78 is 25.2. The molecule has 6 aromatic rings. The molecule has 0 spiro atoms. The van der Waals surface area contributed by atoms with E-state index in [0.717, 1.165) is 33.4 Å². The van der Waals surface area contributed by atoms with Crippen molar-refractivity contribution in [1.29, 1.82) is 10.5 Å². The van der Waals surface area contributed by atoms with Crippen LogP contribution in [0.15, 0.2) is 109 Å². The molecule has 3 aliphatic rings. The largest absolute Gasteiger partial charge is 0.451 e. The molecule has 0 bridgehead atoms. The fourth-order valence-corrected chi connectivity index (χ4v) is 7.09. The van der Waals surface area contributed by atoms with Crippen molar-refractivity contribution in [2.45, 2.75) is 5.41 Å². The third-order valence-corrected chi connectivity index (χ3v) is 9.19. The Morgan fingerprint density at radius 1 is 0.469 bits per heavy atom. The van der Waals surface area contributed by atoms with Crippen LogP contribution in [0.4, 0.5) is 11.4 Å². The molecule has 9 rings (SSSR count). The highest BCUT2D eigenvalue weighted by molar-refractivity contribution is 5.87. The molecule has 8 heteroatoms. The van der Waals surface area contributed by atoms with E-state index in [1.807, 2.05) is 66.7 Å². The van der Waals surface area contributed by atoms with Gasteiger partial charge in [-0.25, -0.2) is 9.69 Å². The second-order valence-corrected chi connectivity index (χ2v) is 11.7. The van der Waals surface area contributed by atoms with Gasteiger partial charge in [-0.3, -0.25) is 0 Å². The molecule has 0 aromatic heterocycles. The van der Waals surface area contributed by atoms with Gasteiger partial charge in [-0.05, 0) is 69.8 Å². The lowest BCUT2D eigenvalue weighted by Gasteiger charge is -2.35. The lowest BCUT2D eigenvalue weighted by molar-refractivity contribution is 0.358. The maximum absolute atomic E-state index is 9.63. The van der Waals surface area contributed by atoms with E-state index in [9.17, 15) is 10.5 Å². The van der Waals surface area contributed by atoms with Gasteiger partial charge in [0.25, 0.3) is 0 Å². The van der Waals surface area contributed by atoms with Crippen LogP contribution in [0.5, 0.6) is 46.0 Å². The molecule has 49 heavy (non-hydrogen) atoms. The standard InChI is InChI=1S/C41H18N4O4/c1-44-31-19-39-40(20-32(31)45-2)49-38-18-26(12-14-34(38)47-39)41(29-9-5-3-7-27(29)28-8-4-6-10-30(28)41)25-11-13-33-37(17-25)48-36-16-24(22-43)23(21-42)15-35(36)46-33/h3-20H. The van der Waals surface area contributed by atoms with Crippen molar-refractivity contribution in [2.75, 3.05) is 0 Å². The Bertz CT molecular complexity index is 2450. The number of benzene rings is 6. The zero-order valence-corrected chi connectivity index (χ0v) is 25.3. The molecular weight excluding hydrogens is 612 g/mol. The van der Waals surface area contributed by atoms with E-state index < -0.39 is 5.41 Å². The van der Waals surface area contributed by atoms with Gasteiger partial charge in [-0.15, -0.1) is 0 Å². The van der Waals surface area contributed by atoms with Crippen LogP contribution >= 0.6 is 0 Å². The smallest absolute Gasteiger partial charge is 0.198 e. The van der Waals surface area contributed by atoms with Gasteiger partial charge in [0.05, 0.1) is 29.7 Å². The number of nitriles is 2. The van der Waals surface area contributed by atoms with Crippen molar-refractivity contribution < 1.29 is 18.9 Å². The molecular formula is C41H18N4O4. The molecule has 0 amide bonds. The third kappa shape index (κ3) is 3.87. The average Bonchev–Trinajstić information content (AvgIpc) is 3.45. The molecule has 226 valence electrons. The Hall–Kier alpha value is -7.52. The number of hydrogen-bond donors (Lipinski definition) is 0. The molecule has 8 nitrogen and oxygen atoms in total. The van der Waals surface area contributed by atoms with Gasteiger partial charge in [-0.2, -0.15) is 10.5 Å². The number of fused-ring (bicyclic) bond motifs is 7. The van der Waals surface area contributed by atoms with Crippen LogP contribution in [0.25, 0.3) is 20.8 Å². The number of nitrogens with zero attached hydrogens (tertiary/aromatic N) is 4. The minimum Gasteiger partial charge on any atom is -0.451 e. The first-order valence-electron chi connectivity index (χ1n) is 15.2. The Morgan fingerprint density at radius 2 is 0.857 bits per heavy atom. The first kappa shape index (κ1) is 27.8. The molecule has 0 saturated heterocycles. The van der Waals surface area contributed by atoms with Gasteiger partial charge in [0.15, 0.2) is 57.4 Å².